The van der Waals surface area contributed by atoms with Gasteiger partial charge in [-0.1, -0.05) is 0 Å². The molecule has 0 aliphatic carbocycles. The van der Waals surface area contributed by atoms with E-state index in [4.69, 9.17) is 10.5 Å². The number of urea groups is 1. The second-order valence-corrected chi connectivity index (χ2v) is 3.21. The minimum atomic E-state index is -0.614. The Morgan fingerprint density at radius 1 is 1.53 bits per heavy atom. The monoisotopic (exact) mass is 210 g/mol. The number of hydrogen-bond acceptors (Lipinski definition) is 3. The number of nitrogens with zero attached hydrogens (tertiary/aromatic N) is 1. The average molecular weight is 210 g/mol. The molecular formula is C10H14N2O3. The Hall–Kier alpha value is -1.91. The minimum Gasteiger partial charge on any atom is -0.508 e. The van der Waals surface area contributed by atoms with Gasteiger partial charge in [-0.15, -0.1) is 0 Å². The fraction of sp³-hybridized carbons (Fsp3) is 0.300. The molecule has 3 N–H and O–H groups in total. The number of carbonyl (C=O) groups excluding carboxylic acids is 1. The minimum absolute atomic E-state index is 0.0962. The summed E-state index contributed by atoms with van der Waals surface area (Å²) in [6, 6.07) is 2.47. The van der Waals surface area contributed by atoms with E-state index in [1.165, 1.54) is 25.1 Å². The summed E-state index contributed by atoms with van der Waals surface area (Å²) in [5.41, 5.74) is 6.24. The number of anilines is 1. The first-order valence-electron chi connectivity index (χ1n) is 4.38. The molecule has 2 amide bonds. The summed E-state index contributed by atoms with van der Waals surface area (Å²) >= 11 is 0. The third kappa shape index (κ3) is 2.12. The molecule has 0 aromatic heterocycles. The molecule has 5 nitrogen and oxygen atoms in total. The van der Waals surface area contributed by atoms with Crippen LogP contribution in [-0.4, -0.2) is 25.3 Å². The van der Waals surface area contributed by atoms with Crippen LogP contribution in [0.2, 0.25) is 0 Å². The van der Waals surface area contributed by atoms with Crippen molar-refractivity contribution in [1.82, 2.24) is 0 Å². The predicted octanol–water partition coefficient (Wildman–Crippen LogP) is 1.22. The van der Waals surface area contributed by atoms with Gasteiger partial charge in [-0.05, 0) is 18.6 Å². The van der Waals surface area contributed by atoms with Gasteiger partial charge in [-0.25, -0.2) is 4.79 Å². The fourth-order valence-electron chi connectivity index (χ4n) is 1.20. The van der Waals surface area contributed by atoms with Crippen LogP contribution in [0.15, 0.2) is 12.1 Å². The number of amides is 2. The SMILES string of the molecule is COc1cc(C)c(O)cc1N(C)C(N)=O. The van der Waals surface area contributed by atoms with Crippen LogP contribution in [0.25, 0.3) is 0 Å². The summed E-state index contributed by atoms with van der Waals surface area (Å²) in [5.74, 6) is 0.588. The summed E-state index contributed by atoms with van der Waals surface area (Å²) in [5, 5.41) is 9.52. The molecule has 82 valence electrons. The van der Waals surface area contributed by atoms with Crippen molar-refractivity contribution in [2.45, 2.75) is 6.92 Å². The molecule has 0 aliphatic rings. The summed E-state index contributed by atoms with van der Waals surface area (Å²) in [4.78, 5) is 12.2. The molecule has 1 rings (SSSR count). The number of carbonyl (C=O) groups is 1. The molecule has 0 unspecified atom stereocenters. The van der Waals surface area contributed by atoms with Crippen LogP contribution in [0.5, 0.6) is 11.5 Å². The van der Waals surface area contributed by atoms with E-state index in [2.05, 4.69) is 0 Å². The first-order valence-corrected chi connectivity index (χ1v) is 4.38. The lowest BCUT2D eigenvalue weighted by atomic mass is 10.1. The van der Waals surface area contributed by atoms with Crippen LogP contribution in [0, 0.1) is 6.92 Å². The number of phenols is 1. The third-order valence-corrected chi connectivity index (χ3v) is 2.19. The molecule has 1 aromatic rings. The number of nitrogens with two attached hydrogens (primary N) is 1. The molecule has 0 bridgehead atoms. The van der Waals surface area contributed by atoms with Crippen LogP contribution < -0.4 is 15.4 Å². The maximum Gasteiger partial charge on any atom is 0.319 e. The van der Waals surface area contributed by atoms with Crippen LogP contribution in [0.1, 0.15) is 5.56 Å². The van der Waals surface area contributed by atoms with Crippen LogP contribution >= 0.6 is 0 Å². The van der Waals surface area contributed by atoms with Gasteiger partial charge < -0.3 is 15.6 Å². The highest BCUT2D eigenvalue weighted by Crippen LogP contribution is 2.33. The van der Waals surface area contributed by atoms with E-state index in [0.717, 1.165) is 0 Å². The number of benzene rings is 1. The topological polar surface area (TPSA) is 75.8 Å². The molecule has 0 fully saturated rings. The number of ether oxygens (including phenoxy) is 1. The lowest BCUT2D eigenvalue weighted by molar-refractivity contribution is 0.255. The number of phenolic OH excluding ortho intramolecular Hbond substituents is 1. The first-order chi connectivity index (χ1) is 6.97. The quantitative estimate of drug-likeness (QED) is 0.770. The van der Waals surface area contributed by atoms with E-state index in [9.17, 15) is 9.90 Å². The van der Waals surface area contributed by atoms with Gasteiger partial charge in [-0.3, -0.25) is 4.90 Å². The fourth-order valence-corrected chi connectivity index (χ4v) is 1.20. The Morgan fingerprint density at radius 2 is 2.13 bits per heavy atom. The molecule has 0 atom stereocenters. The van der Waals surface area contributed by atoms with Gasteiger partial charge >= 0.3 is 6.03 Å². The number of rotatable bonds is 2. The molecular weight excluding hydrogens is 196 g/mol. The van der Waals surface area contributed by atoms with Gasteiger partial charge in [0.25, 0.3) is 0 Å². The molecule has 15 heavy (non-hydrogen) atoms. The Balaban J connectivity index is 3.27. The highest BCUT2D eigenvalue weighted by atomic mass is 16.5. The van der Waals surface area contributed by atoms with Gasteiger partial charge in [0.2, 0.25) is 0 Å². The van der Waals surface area contributed by atoms with Crippen molar-refractivity contribution in [2.24, 2.45) is 5.73 Å². The Bertz CT molecular complexity index is 390. The second-order valence-electron chi connectivity index (χ2n) is 3.21. The van der Waals surface area contributed by atoms with Gasteiger partial charge in [0.15, 0.2) is 0 Å². The zero-order valence-electron chi connectivity index (χ0n) is 8.94. The van der Waals surface area contributed by atoms with E-state index in [1.807, 2.05) is 0 Å². The Morgan fingerprint density at radius 3 is 2.60 bits per heavy atom. The van der Waals surface area contributed by atoms with Crippen LogP contribution in [0.3, 0.4) is 0 Å². The molecule has 0 saturated carbocycles. The van der Waals surface area contributed by atoms with Crippen LogP contribution in [-0.2, 0) is 0 Å². The Kier molecular flexibility index (Phi) is 3.04. The zero-order valence-corrected chi connectivity index (χ0v) is 8.94. The van der Waals surface area contributed by atoms with Crippen molar-refractivity contribution in [1.29, 1.82) is 0 Å². The van der Waals surface area contributed by atoms with Crippen molar-refractivity contribution < 1.29 is 14.6 Å². The summed E-state index contributed by atoms with van der Waals surface area (Å²) < 4.78 is 5.09. The van der Waals surface area contributed by atoms with E-state index >= 15 is 0 Å². The average Bonchev–Trinajstić information content (AvgIpc) is 2.20. The standard InChI is InChI=1S/C10H14N2O3/c1-6-4-9(15-3)7(5-8(6)13)12(2)10(11)14/h4-5,13H,1-3H3,(H2,11,14). The summed E-state index contributed by atoms with van der Waals surface area (Å²) in [6.07, 6.45) is 0. The number of hydrogen-bond donors (Lipinski definition) is 2. The molecule has 1 aromatic carbocycles. The van der Waals surface area contributed by atoms with E-state index in [1.54, 1.807) is 13.0 Å². The summed E-state index contributed by atoms with van der Waals surface area (Å²) in [6.45, 7) is 1.74. The van der Waals surface area contributed by atoms with E-state index in [0.29, 0.717) is 17.0 Å². The molecule has 5 heteroatoms. The second kappa shape index (κ2) is 4.08. The zero-order chi connectivity index (χ0) is 11.6. The largest absolute Gasteiger partial charge is 0.508 e. The highest BCUT2D eigenvalue weighted by Gasteiger charge is 2.14. The number of primary amides is 1. The number of aromatic hydroxyl groups is 1. The van der Waals surface area contributed by atoms with Crippen molar-refractivity contribution in [2.75, 3.05) is 19.1 Å². The Labute approximate surface area is 88.1 Å². The van der Waals surface area contributed by atoms with Crippen molar-refractivity contribution in [3.05, 3.63) is 17.7 Å². The van der Waals surface area contributed by atoms with Crippen molar-refractivity contribution >= 4 is 11.7 Å². The molecule has 0 spiro atoms. The highest BCUT2D eigenvalue weighted by molar-refractivity contribution is 5.92. The molecule has 0 aliphatic heterocycles. The summed E-state index contributed by atoms with van der Waals surface area (Å²) in [7, 11) is 3.00. The van der Waals surface area contributed by atoms with Gasteiger partial charge in [0.05, 0.1) is 12.8 Å². The lowest BCUT2D eigenvalue weighted by Gasteiger charge is -2.18. The van der Waals surface area contributed by atoms with Crippen molar-refractivity contribution in [3.63, 3.8) is 0 Å². The molecule has 0 radical (unpaired) electrons. The van der Waals surface area contributed by atoms with E-state index < -0.39 is 6.03 Å². The smallest absolute Gasteiger partial charge is 0.319 e. The maximum atomic E-state index is 11.0. The maximum absolute atomic E-state index is 11.0. The molecule has 0 heterocycles. The molecule has 0 saturated heterocycles. The third-order valence-electron chi connectivity index (χ3n) is 2.19. The predicted molar refractivity (Wildman–Crippen MR) is 57.4 cm³/mol. The normalized spacial score (nSPS) is 9.80. The van der Waals surface area contributed by atoms with Crippen LogP contribution in [0.4, 0.5) is 10.5 Å². The lowest BCUT2D eigenvalue weighted by Crippen LogP contribution is -2.32. The van der Waals surface area contributed by atoms with Gasteiger partial charge in [-0.2, -0.15) is 0 Å². The van der Waals surface area contributed by atoms with Crippen molar-refractivity contribution in [3.8, 4) is 11.5 Å². The van der Waals surface area contributed by atoms with E-state index in [-0.39, 0.29) is 5.75 Å². The first kappa shape index (κ1) is 11.2. The van der Waals surface area contributed by atoms with Gasteiger partial charge in [0, 0.05) is 13.1 Å². The number of aryl methyl sites for hydroxylation is 1. The van der Waals surface area contributed by atoms with Gasteiger partial charge in [0.1, 0.15) is 11.5 Å². The number of methoxy groups -OCH3 is 1.